The fourth-order valence-corrected chi connectivity index (χ4v) is 6.47. The van der Waals surface area contributed by atoms with Crippen LogP contribution in [0.2, 0.25) is 0 Å². The van der Waals surface area contributed by atoms with E-state index in [1.807, 2.05) is 0 Å². The highest BCUT2D eigenvalue weighted by atomic mass is 32.5. The van der Waals surface area contributed by atoms with Gasteiger partial charge in [0.25, 0.3) is 0 Å². The van der Waals surface area contributed by atoms with Gasteiger partial charge in [-0.15, -0.1) is 0 Å². The zero-order chi connectivity index (χ0) is 20.2. The molecule has 6 atom stereocenters. The van der Waals surface area contributed by atoms with Crippen LogP contribution in [0.15, 0.2) is 0 Å². The molecule has 0 bridgehead atoms. The van der Waals surface area contributed by atoms with Crippen molar-refractivity contribution in [1.82, 2.24) is 0 Å². The number of esters is 1. The summed E-state index contributed by atoms with van der Waals surface area (Å²) in [6.45, 7) is -1.98. The van der Waals surface area contributed by atoms with E-state index in [9.17, 15) is 28.6 Å². The highest BCUT2D eigenvalue weighted by molar-refractivity contribution is 8.08. The third-order valence-corrected chi connectivity index (χ3v) is 8.73. The van der Waals surface area contributed by atoms with Crippen LogP contribution in [-0.2, 0) is 48.4 Å². The van der Waals surface area contributed by atoms with Crippen molar-refractivity contribution in [2.45, 2.75) is 44.9 Å². The zero-order valence-corrected chi connectivity index (χ0v) is 17.5. The lowest BCUT2D eigenvalue weighted by Crippen LogP contribution is -2.30. The fraction of sp³-hybridized carbons (Fsp3) is 0.900. The van der Waals surface area contributed by atoms with E-state index in [1.54, 1.807) is 6.92 Å². The third-order valence-electron chi connectivity index (χ3n) is 3.04. The number of hydrogen-bond acceptors (Lipinski definition) is 9. The maximum absolute atomic E-state index is 11.7. The van der Waals surface area contributed by atoms with E-state index in [1.165, 1.54) is 6.92 Å². The van der Waals surface area contributed by atoms with E-state index < -0.39 is 59.1 Å². The molecule has 1 saturated heterocycles. The summed E-state index contributed by atoms with van der Waals surface area (Å²) in [7, 11) is -3.94. The summed E-state index contributed by atoms with van der Waals surface area (Å²) in [4.78, 5) is 39.9. The lowest BCUT2D eigenvalue weighted by Gasteiger charge is -2.23. The van der Waals surface area contributed by atoms with Gasteiger partial charge in [-0.2, -0.15) is 0 Å². The second kappa shape index (κ2) is 9.72. The molecule has 0 aromatic rings. The molecule has 0 saturated carbocycles. The minimum atomic E-state index is -5.16. The van der Waals surface area contributed by atoms with Gasteiger partial charge < -0.3 is 28.7 Å². The number of carbonyl (C=O) groups excluding carboxylic acids is 1. The van der Waals surface area contributed by atoms with E-state index in [2.05, 4.69) is 20.4 Å². The first-order valence-electron chi connectivity index (χ1n) is 7.44. The normalized spacial score (nSPS) is 30.1. The largest absolute Gasteiger partial charge is 0.486 e. The molecule has 1 fully saturated rings. The van der Waals surface area contributed by atoms with Gasteiger partial charge >= 0.3 is 28.1 Å². The van der Waals surface area contributed by atoms with Gasteiger partial charge in [0.05, 0.1) is 6.61 Å². The van der Waals surface area contributed by atoms with Crippen LogP contribution in [0.1, 0.15) is 26.7 Å². The zero-order valence-electron chi connectivity index (χ0n) is 14.0. The van der Waals surface area contributed by atoms with Crippen molar-refractivity contribution >= 4 is 47.8 Å². The number of rotatable bonds is 10. The van der Waals surface area contributed by atoms with Crippen molar-refractivity contribution in [3.63, 3.8) is 0 Å². The maximum atomic E-state index is 11.7. The smallest absolute Gasteiger partial charge is 0.459 e. The van der Waals surface area contributed by atoms with Gasteiger partial charge in [-0.1, -0.05) is 13.8 Å². The Morgan fingerprint density at radius 3 is 2.42 bits per heavy atom. The molecule has 2 radical (unpaired) electrons. The predicted molar refractivity (Wildman–Crippen MR) is 94.0 cm³/mol. The van der Waals surface area contributed by atoms with E-state index in [0.29, 0.717) is 0 Å². The number of ether oxygens (including phenoxy) is 2. The summed E-state index contributed by atoms with van der Waals surface area (Å²) in [6.07, 6.45) is -1.81. The Morgan fingerprint density at radius 1 is 1.27 bits per heavy atom. The highest BCUT2D eigenvalue weighted by Gasteiger charge is 2.40. The minimum Gasteiger partial charge on any atom is -0.459 e. The van der Waals surface area contributed by atoms with E-state index in [-0.39, 0.29) is 12.8 Å². The van der Waals surface area contributed by atoms with Crippen LogP contribution in [0, 0.1) is 0 Å². The standard InChI is InChI=1S/C10H20BO11P3S/c1-3-10(12)20-7-5-9(11)19-8(7)6-18-25(17,26)22-24(15,16)21-23(13,14)4-2/h7-9H,3-6H2,1-2H3,(H,13,14)(H,15,16)(H,17,26). The van der Waals surface area contributed by atoms with Crippen molar-refractivity contribution in [3.8, 4) is 0 Å². The van der Waals surface area contributed by atoms with Crippen LogP contribution < -0.4 is 0 Å². The van der Waals surface area contributed by atoms with Gasteiger partial charge in [0, 0.05) is 25.0 Å². The van der Waals surface area contributed by atoms with E-state index >= 15 is 0 Å². The topological polar surface area (TPSA) is 158 Å². The molecule has 0 spiro atoms. The quantitative estimate of drug-likeness (QED) is 0.247. The van der Waals surface area contributed by atoms with Gasteiger partial charge in [-0.3, -0.25) is 9.36 Å². The van der Waals surface area contributed by atoms with Crippen LogP contribution in [0.3, 0.4) is 0 Å². The lowest BCUT2D eigenvalue weighted by atomic mass is 9.96. The Bertz CT molecular complexity index is 646. The Morgan fingerprint density at radius 2 is 1.88 bits per heavy atom. The van der Waals surface area contributed by atoms with Crippen LogP contribution in [-0.4, -0.2) is 59.5 Å². The van der Waals surface area contributed by atoms with Gasteiger partial charge in [-0.05, 0) is 11.8 Å². The molecule has 1 rings (SSSR count). The van der Waals surface area contributed by atoms with E-state index in [4.69, 9.17) is 21.8 Å². The van der Waals surface area contributed by atoms with Crippen LogP contribution in [0.5, 0.6) is 0 Å². The SMILES string of the molecule is [B]C1CC(OC(=O)CC)C(COP(O)(=S)OP(=O)(O)OP(=O)(O)CC)O1. The van der Waals surface area contributed by atoms with Crippen LogP contribution in [0.25, 0.3) is 0 Å². The average molecular weight is 452 g/mol. The first kappa shape index (κ1) is 24.4. The molecule has 26 heavy (non-hydrogen) atoms. The second-order valence-electron chi connectivity index (χ2n) is 5.18. The summed E-state index contributed by atoms with van der Waals surface area (Å²) in [6, 6.07) is -0.743. The number of phosphoric acid groups is 1. The van der Waals surface area contributed by atoms with Gasteiger partial charge in [0.2, 0.25) is 0 Å². The Hall–Kier alpha value is 0.365. The Balaban J connectivity index is 2.66. The van der Waals surface area contributed by atoms with Gasteiger partial charge in [0.1, 0.15) is 20.1 Å². The summed E-state index contributed by atoms with van der Waals surface area (Å²) in [5.74, 6) is -0.496. The van der Waals surface area contributed by atoms with Crippen molar-refractivity contribution in [2.24, 2.45) is 0 Å². The second-order valence-corrected chi connectivity index (χ2v) is 11.9. The summed E-state index contributed by atoms with van der Waals surface area (Å²) in [5.41, 5.74) is 0. The highest BCUT2D eigenvalue weighted by Crippen LogP contribution is 2.67. The molecule has 1 aliphatic rings. The predicted octanol–water partition coefficient (Wildman–Crippen LogP) is 1.16. The molecule has 0 aliphatic carbocycles. The minimum absolute atomic E-state index is 0.129. The molecular formula is C10H20BO11P3S. The molecule has 1 heterocycles. The summed E-state index contributed by atoms with van der Waals surface area (Å²) in [5, 5.41) is 0. The van der Waals surface area contributed by atoms with Crippen LogP contribution >= 0.6 is 22.1 Å². The molecule has 6 unspecified atom stereocenters. The molecule has 11 nitrogen and oxygen atoms in total. The van der Waals surface area contributed by atoms with Crippen molar-refractivity contribution in [3.05, 3.63) is 0 Å². The lowest BCUT2D eigenvalue weighted by molar-refractivity contribution is -0.152. The Labute approximate surface area is 157 Å². The van der Waals surface area contributed by atoms with Crippen molar-refractivity contribution in [2.75, 3.05) is 12.8 Å². The molecule has 1 aliphatic heterocycles. The molecular weight excluding hydrogens is 432 g/mol. The van der Waals surface area contributed by atoms with E-state index in [0.717, 1.165) is 0 Å². The Kier molecular flexibility index (Phi) is 9.12. The van der Waals surface area contributed by atoms with Gasteiger partial charge in [0.15, 0.2) is 0 Å². The number of hydrogen-bond donors (Lipinski definition) is 3. The first-order valence-corrected chi connectivity index (χ1v) is 13.3. The molecule has 0 aromatic carbocycles. The molecule has 0 aromatic heterocycles. The summed E-state index contributed by atoms with van der Waals surface area (Å²) >= 11 is 4.57. The third kappa shape index (κ3) is 8.58. The molecule has 150 valence electrons. The average Bonchev–Trinajstić information content (AvgIpc) is 2.82. The van der Waals surface area contributed by atoms with Crippen LogP contribution in [0.4, 0.5) is 0 Å². The summed E-state index contributed by atoms with van der Waals surface area (Å²) < 4.78 is 46.7. The molecule has 3 N–H and O–H groups in total. The maximum Gasteiger partial charge on any atom is 0.486 e. The monoisotopic (exact) mass is 452 g/mol. The van der Waals surface area contributed by atoms with Gasteiger partial charge in [-0.25, -0.2) is 13.2 Å². The molecule has 16 heteroatoms. The van der Waals surface area contributed by atoms with Crippen molar-refractivity contribution in [1.29, 1.82) is 0 Å². The van der Waals surface area contributed by atoms with Crippen molar-refractivity contribution < 1.29 is 51.2 Å². The first-order chi connectivity index (χ1) is 11.8. The number of carbonyl (C=O) groups is 1. The fourth-order valence-electron chi connectivity index (χ4n) is 1.83. The molecule has 0 amide bonds.